The van der Waals surface area contributed by atoms with Gasteiger partial charge in [0.1, 0.15) is 5.82 Å². The van der Waals surface area contributed by atoms with Crippen LogP contribution in [0, 0.1) is 11.8 Å². The molecule has 24 heavy (non-hydrogen) atoms. The number of nitrogens with zero attached hydrogens (tertiary/aromatic N) is 2. The van der Waals surface area contributed by atoms with Gasteiger partial charge in [0, 0.05) is 44.9 Å². The molecule has 0 bridgehead atoms. The van der Waals surface area contributed by atoms with Gasteiger partial charge >= 0.3 is 0 Å². The summed E-state index contributed by atoms with van der Waals surface area (Å²) in [7, 11) is 1.87. The molecule has 0 radical (unpaired) electrons. The van der Waals surface area contributed by atoms with E-state index in [1.54, 1.807) is 0 Å². The molecule has 0 spiro atoms. The zero-order valence-corrected chi connectivity index (χ0v) is 14.1. The minimum Gasteiger partial charge on any atom is -0.373 e. The quantitative estimate of drug-likeness (QED) is 0.872. The summed E-state index contributed by atoms with van der Waals surface area (Å²) in [5.41, 5.74) is 3.79. The molecule has 1 aliphatic rings. The Labute approximate surface area is 144 Å². The molecule has 122 valence electrons. The molecule has 3 heteroatoms. The molecule has 0 unspecified atom stereocenters. The molecule has 1 aromatic heterocycles. The van der Waals surface area contributed by atoms with Crippen molar-refractivity contribution < 1.29 is 0 Å². The van der Waals surface area contributed by atoms with Crippen LogP contribution in [0.25, 0.3) is 5.57 Å². The molecule has 1 aliphatic heterocycles. The third kappa shape index (κ3) is 4.47. The fraction of sp³-hybridized carbons (Fsp3) is 0.286. The SMILES string of the molecule is CNc1ccc(C#CCCN2CC=C(c3ccccc3)CC2)cn1. The maximum absolute atomic E-state index is 4.27. The lowest BCUT2D eigenvalue weighted by atomic mass is 9.99. The molecule has 0 fully saturated rings. The van der Waals surface area contributed by atoms with Gasteiger partial charge in [-0.05, 0) is 29.7 Å². The van der Waals surface area contributed by atoms with E-state index in [4.69, 9.17) is 0 Å². The van der Waals surface area contributed by atoms with E-state index in [0.717, 1.165) is 43.9 Å². The van der Waals surface area contributed by atoms with Gasteiger partial charge in [-0.25, -0.2) is 4.98 Å². The van der Waals surface area contributed by atoms with E-state index in [2.05, 4.69) is 63.4 Å². The Balaban J connectivity index is 1.47. The maximum atomic E-state index is 4.27. The Morgan fingerprint density at radius 3 is 2.71 bits per heavy atom. The number of hydrogen-bond acceptors (Lipinski definition) is 3. The highest BCUT2D eigenvalue weighted by atomic mass is 15.1. The van der Waals surface area contributed by atoms with Crippen molar-refractivity contribution in [2.24, 2.45) is 0 Å². The molecular weight excluding hydrogens is 294 g/mol. The van der Waals surface area contributed by atoms with Crippen LogP contribution in [0.2, 0.25) is 0 Å². The maximum Gasteiger partial charge on any atom is 0.125 e. The smallest absolute Gasteiger partial charge is 0.125 e. The second-order valence-electron chi connectivity index (χ2n) is 5.88. The highest BCUT2D eigenvalue weighted by Crippen LogP contribution is 2.21. The average molecular weight is 317 g/mol. The van der Waals surface area contributed by atoms with Crippen molar-refractivity contribution in [3.05, 3.63) is 65.9 Å². The average Bonchev–Trinajstić information content (AvgIpc) is 2.67. The van der Waals surface area contributed by atoms with Gasteiger partial charge in [-0.1, -0.05) is 48.2 Å². The summed E-state index contributed by atoms with van der Waals surface area (Å²) in [5.74, 6) is 7.31. The number of benzene rings is 1. The van der Waals surface area contributed by atoms with Gasteiger partial charge in [-0.3, -0.25) is 4.90 Å². The summed E-state index contributed by atoms with van der Waals surface area (Å²) in [6.07, 6.45) is 6.18. The van der Waals surface area contributed by atoms with E-state index in [-0.39, 0.29) is 0 Å². The van der Waals surface area contributed by atoms with Crippen LogP contribution in [0.4, 0.5) is 5.82 Å². The van der Waals surface area contributed by atoms with Gasteiger partial charge < -0.3 is 5.32 Å². The summed E-state index contributed by atoms with van der Waals surface area (Å²) >= 11 is 0. The summed E-state index contributed by atoms with van der Waals surface area (Å²) in [4.78, 5) is 6.73. The van der Waals surface area contributed by atoms with Crippen LogP contribution in [-0.2, 0) is 0 Å². The highest BCUT2D eigenvalue weighted by Gasteiger charge is 2.11. The molecule has 0 aliphatic carbocycles. The molecule has 3 rings (SSSR count). The fourth-order valence-corrected chi connectivity index (χ4v) is 2.82. The molecular formula is C21H23N3. The third-order valence-electron chi connectivity index (χ3n) is 4.24. The standard InChI is InChI=1S/C21H23N3/c1-22-21-11-10-18(17-23-21)7-5-6-14-24-15-12-20(13-16-24)19-8-3-2-4-9-19/h2-4,8-12,17H,6,13-16H2,1H3,(H,22,23). The van der Waals surface area contributed by atoms with Crippen molar-refractivity contribution in [1.29, 1.82) is 0 Å². The first kappa shape index (κ1) is 16.3. The van der Waals surface area contributed by atoms with Crippen LogP contribution in [0.15, 0.2) is 54.7 Å². The van der Waals surface area contributed by atoms with Crippen molar-refractivity contribution in [2.75, 3.05) is 32.0 Å². The summed E-state index contributed by atoms with van der Waals surface area (Å²) in [6, 6.07) is 14.6. The van der Waals surface area contributed by atoms with E-state index in [1.165, 1.54) is 11.1 Å². The lowest BCUT2D eigenvalue weighted by Gasteiger charge is -2.25. The van der Waals surface area contributed by atoms with Gasteiger partial charge in [0.25, 0.3) is 0 Å². The first-order valence-electron chi connectivity index (χ1n) is 8.44. The van der Waals surface area contributed by atoms with Crippen molar-refractivity contribution in [2.45, 2.75) is 12.8 Å². The van der Waals surface area contributed by atoms with Crippen LogP contribution < -0.4 is 5.32 Å². The number of anilines is 1. The summed E-state index contributed by atoms with van der Waals surface area (Å²) in [6.45, 7) is 3.15. The number of aromatic nitrogens is 1. The lowest BCUT2D eigenvalue weighted by Crippen LogP contribution is -2.29. The minimum atomic E-state index is 0.870. The fourth-order valence-electron chi connectivity index (χ4n) is 2.82. The number of rotatable bonds is 4. The Hall–Kier alpha value is -2.57. The third-order valence-corrected chi connectivity index (χ3v) is 4.24. The van der Waals surface area contributed by atoms with E-state index in [0.29, 0.717) is 0 Å². The first-order chi connectivity index (χ1) is 11.8. The molecule has 2 aromatic rings. The molecule has 0 amide bonds. The zero-order valence-electron chi connectivity index (χ0n) is 14.1. The van der Waals surface area contributed by atoms with Gasteiger partial charge in [-0.2, -0.15) is 0 Å². The Bertz CT molecular complexity index is 736. The van der Waals surface area contributed by atoms with Crippen molar-refractivity contribution in [3.8, 4) is 11.8 Å². The first-order valence-corrected chi connectivity index (χ1v) is 8.44. The Morgan fingerprint density at radius 2 is 2.04 bits per heavy atom. The van der Waals surface area contributed by atoms with E-state index in [1.807, 2.05) is 25.4 Å². The van der Waals surface area contributed by atoms with Gasteiger partial charge in [0.15, 0.2) is 0 Å². The Kier molecular flexibility index (Phi) is 5.65. The minimum absolute atomic E-state index is 0.870. The number of hydrogen-bond donors (Lipinski definition) is 1. The van der Waals surface area contributed by atoms with Gasteiger partial charge in [0.2, 0.25) is 0 Å². The lowest BCUT2D eigenvalue weighted by molar-refractivity contribution is 0.309. The normalized spacial score (nSPS) is 14.5. The van der Waals surface area contributed by atoms with Crippen molar-refractivity contribution >= 4 is 11.4 Å². The summed E-state index contributed by atoms with van der Waals surface area (Å²) in [5, 5.41) is 3.01. The molecule has 1 aromatic carbocycles. The number of nitrogens with one attached hydrogen (secondary N) is 1. The second kappa shape index (κ2) is 8.33. The second-order valence-corrected chi connectivity index (χ2v) is 5.88. The number of pyridine rings is 1. The predicted molar refractivity (Wildman–Crippen MR) is 101 cm³/mol. The monoisotopic (exact) mass is 317 g/mol. The van der Waals surface area contributed by atoms with Crippen LogP contribution >= 0.6 is 0 Å². The zero-order chi connectivity index (χ0) is 16.6. The largest absolute Gasteiger partial charge is 0.373 e. The molecule has 0 atom stereocenters. The van der Waals surface area contributed by atoms with Crippen LogP contribution in [0.1, 0.15) is 24.0 Å². The highest BCUT2D eigenvalue weighted by molar-refractivity contribution is 5.66. The molecule has 1 N–H and O–H groups in total. The molecule has 0 saturated heterocycles. The van der Waals surface area contributed by atoms with Crippen molar-refractivity contribution in [3.63, 3.8) is 0 Å². The summed E-state index contributed by atoms with van der Waals surface area (Å²) < 4.78 is 0. The van der Waals surface area contributed by atoms with E-state index >= 15 is 0 Å². The Morgan fingerprint density at radius 1 is 1.17 bits per heavy atom. The van der Waals surface area contributed by atoms with Crippen LogP contribution in [0.5, 0.6) is 0 Å². The van der Waals surface area contributed by atoms with Crippen molar-refractivity contribution in [1.82, 2.24) is 9.88 Å². The van der Waals surface area contributed by atoms with Crippen LogP contribution in [-0.4, -0.2) is 36.6 Å². The van der Waals surface area contributed by atoms with Gasteiger partial charge in [0.05, 0.1) is 0 Å². The topological polar surface area (TPSA) is 28.2 Å². The van der Waals surface area contributed by atoms with Crippen LogP contribution in [0.3, 0.4) is 0 Å². The molecule has 3 nitrogen and oxygen atoms in total. The van der Waals surface area contributed by atoms with Gasteiger partial charge in [-0.15, -0.1) is 0 Å². The molecule has 0 saturated carbocycles. The predicted octanol–water partition coefficient (Wildman–Crippen LogP) is 3.65. The van der Waals surface area contributed by atoms with E-state index in [9.17, 15) is 0 Å². The molecule has 2 heterocycles. The van der Waals surface area contributed by atoms with E-state index < -0.39 is 0 Å².